The smallest absolute Gasteiger partial charge is 0.244 e. The van der Waals surface area contributed by atoms with E-state index in [-0.39, 0.29) is 15.2 Å². The monoisotopic (exact) mass is 386 g/mol. The van der Waals surface area contributed by atoms with Gasteiger partial charge in [-0.3, -0.25) is 0 Å². The summed E-state index contributed by atoms with van der Waals surface area (Å²) in [4.78, 5) is -0.549. The molecule has 0 spiro atoms. The van der Waals surface area contributed by atoms with E-state index >= 15 is 0 Å². The van der Waals surface area contributed by atoms with Crippen LogP contribution in [-0.4, -0.2) is 14.0 Å². The molecule has 0 radical (unpaired) electrons. The highest BCUT2D eigenvalue weighted by Gasteiger charge is 2.29. The summed E-state index contributed by atoms with van der Waals surface area (Å²) < 4.78 is 41.2. The van der Waals surface area contributed by atoms with Crippen LogP contribution in [0.25, 0.3) is 0 Å². The first-order valence-electron chi connectivity index (χ1n) is 5.99. The van der Waals surface area contributed by atoms with E-state index in [9.17, 15) is 12.8 Å². The molecule has 0 unspecified atom stereocenters. The molecule has 114 valence electrons. The summed E-state index contributed by atoms with van der Waals surface area (Å²) >= 11 is 8.85. The van der Waals surface area contributed by atoms with Crippen LogP contribution >= 0.6 is 27.5 Å². The van der Waals surface area contributed by atoms with E-state index in [1.54, 1.807) is 13.8 Å². The number of rotatable bonds is 5. The zero-order chi connectivity index (χ0) is 15.7. The number of benzene rings is 1. The second-order valence-electron chi connectivity index (χ2n) is 5.14. The summed E-state index contributed by atoms with van der Waals surface area (Å²) in [6.45, 7) is 5.40. The summed E-state index contributed by atoms with van der Waals surface area (Å²) in [6.07, 6.45) is 1.41. The first-order valence-corrected chi connectivity index (χ1v) is 8.64. The average molecular weight is 388 g/mol. The van der Waals surface area contributed by atoms with E-state index in [1.807, 2.05) is 6.92 Å². The Kier molecular flexibility index (Phi) is 5.46. The van der Waals surface area contributed by atoms with Crippen molar-refractivity contribution < 1.29 is 12.8 Å². The lowest BCUT2D eigenvalue weighted by Crippen LogP contribution is -2.43. The Morgan fingerprint density at radius 2 is 2.05 bits per heavy atom. The SMILES string of the molecule is CCCC(C)(C)NS(=O)(=O)c1cc(Cl)c(Br)c(N)c1F. The number of nitrogen functional groups attached to an aromatic ring is 1. The van der Waals surface area contributed by atoms with Crippen LogP contribution in [0, 0.1) is 5.82 Å². The van der Waals surface area contributed by atoms with Crippen molar-refractivity contribution >= 4 is 43.2 Å². The maximum absolute atomic E-state index is 14.1. The van der Waals surface area contributed by atoms with Crippen LogP contribution in [-0.2, 0) is 10.0 Å². The van der Waals surface area contributed by atoms with Crippen LogP contribution in [0.2, 0.25) is 5.02 Å². The highest BCUT2D eigenvalue weighted by molar-refractivity contribution is 9.10. The molecular formula is C12H17BrClFN2O2S. The van der Waals surface area contributed by atoms with Gasteiger partial charge < -0.3 is 5.73 Å². The van der Waals surface area contributed by atoms with Gasteiger partial charge in [-0.1, -0.05) is 24.9 Å². The van der Waals surface area contributed by atoms with Gasteiger partial charge in [-0.2, -0.15) is 0 Å². The van der Waals surface area contributed by atoms with Crippen molar-refractivity contribution in [2.75, 3.05) is 5.73 Å². The third-order valence-corrected chi connectivity index (χ3v) is 5.81. The van der Waals surface area contributed by atoms with Crippen molar-refractivity contribution in [3.63, 3.8) is 0 Å². The molecule has 0 saturated carbocycles. The van der Waals surface area contributed by atoms with Crippen molar-refractivity contribution in [1.29, 1.82) is 0 Å². The Bertz CT molecular complexity index is 620. The lowest BCUT2D eigenvalue weighted by Gasteiger charge is -2.25. The molecule has 0 saturated heterocycles. The van der Waals surface area contributed by atoms with Crippen LogP contribution in [0.3, 0.4) is 0 Å². The second-order valence-corrected chi connectivity index (χ2v) is 7.99. The molecule has 3 N–H and O–H groups in total. The summed E-state index contributed by atoms with van der Waals surface area (Å²) in [5, 5.41) is 0.0394. The summed E-state index contributed by atoms with van der Waals surface area (Å²) in [6, 6.07) is 1.04. The van der Waals surface area contributed by atoms with E-state index in [0.717, 1.165) is 12.5 Å². The Labute approximate surface area is 132 Å². The van der Waals surface area contributed by atoms with Crippen molar-refractivity contribution in [2.45, 2.75) is 44.0 Å². The lowest BCUT2D eigenvalue weighted by atomic mass is 10.0. The Morgan fingerprint density at radius 3 is 2.55 bits per heavy atom. The Balaban J connectivity index is 3.31. The van der Waals surface area contributed by atoms with Crippen LogP contribution < -0.4 is 10.5 Å². The maximum Gasteiger partial charge on any atom is 0.244 e. The Hall–Kier alpha value is -0.370. The van der Waals surface area contributed by atoms with Gasteiger partial charge in [0.1, 0.15) is 4.90 Å². The molecular weight excluding hydrogens is 371 g/mol. The molecule has 0 heterocycles. The fourth-order valence-electron chi connectivity index (χ4n) is 1.89. The van der Waals surface area contributed by atoms with Crippen molar-refractivity contribution in [2.24, 2.45) is 0 Å². The van der Waals surface area contributed by atoms with Crippen LogP contribution in [0.15, 0.2) is 15.4 Å². The standard InChI is InChI=1S/C12H17BrClFN2O2S/c1-4-5-12(2,3)17-20(18,19)8-6-7(14)9(13)11(16)10(8)15/h6,17H,4-5,16H2,1-3H3. The van der Waals surface area contributed by atoms with Crippen molar-refractivity contribution in [1.82, 2.24) is 4.72 Å². The molecule has 0 bridgehead atoms. The molecule has 4 nitrogen and oxygen atoms in total. The zero-order valence-corrected chi connectivity index (χ0v) is 14.6. The van der Waals surface area contributed by atoms with Crippen molar-refractivity contribution in [3.8, 4) is 0 Å². The zero-order valence-electron chi connectivity index (χ0n) is 11.4. The van der Waals surface area contributed by atoms with E-state index in [2.05, 4.69) is 20.7 Å². The predicted molar refractivity (Wildman–Crippen MR) is 82.8 cm³/mol. The molecule has 0 atom stereocenters. The van der Waals surface area contributed by atoms with Gasteiger partial charge in [0.05, 0.1) is 15.2 Å². The molecule has 0 aliphatic carbocycles. The van der Waals surface area contributed by atoms with Crippen LogP contribution in [0.1, 0.15) is 33.6 Å². The molecule has 0 aromatic heterocycles. The van der Waals surface area contributed by atoms with Gasteiger partial charge in [0.25, 0.3) is 0 Å². The van der Waals surface area contributed by atoms with E-state index in [0.29, 0.717) is 6.42 Å². The molecule has 1 aromatic rings. The number of hydrogen-bond donors (Lipinski definition) is 2. The second kappa shape index (κ2) is 6.17. The average Bonchev–Trinajstić information content (AvgIpc) is 2.29. The molecule has 1 aromatic carbocycles. The first kappa shape index (κ1) is 17.7. The maximum atomic E-state index is 14.1. The molecule has 8 heteroatoms. The molecule has 0 aliphatic rings. The molecule has 0 aliphatic heterocycles. The lowest BCUT2D eigenvalue weighted by molar-refractivity contribution is 0.416. The van der Waals surface area contributed by atoms with Gasteiger partial charge in [0, 0.05) is 5.54 Å². The normalized spacial score (nSPS) is 12.7. The molecule has 20 heavy (non-hydrogen) atoms. The number of anilines is 1. The molecule has 0 fully saturated rings. The third kappa shape index (κ3) is 3.84. The highest BCUT2D eigenvalue weighted by atomic mass is 79.9. The molecule has 1 rings (SSSR count). The third-order valence-electron chi connectivity index (χ3n) is 2.73. The minimum Gasteiger partial charge on any atom is -0.395 e. The number of nitrogens with two attached hydrogens (primary N) is 1. The van der Waals surface area contributed by atoms with Gasteiger partial charge in [-0.25, -0.2) is 17.5 Å². The quantitative estimate of drug-likeness (QED) is 0.598. The highest BCUT2D eigenvalue weighted by Crippen LogP contribution is 2.35. The minimum absolute atomic E-state index is 0.0394. The summed E-state index contributed by atoms with van der Waals surface area (Å²) in [7, 11) is -4.04. The van der Waals surface area contributed by atoms with E-state index < -0.39 is 26.3 Å². The van der Waals surface area contributed by atoms with Gasteiger partial charge in [0.15, 0.2) is 5.82 Å². The topological polar surface area (TPSA) is 72.2 Å². The van der Waals surface area contributed by atoms with Gasteiger partial charge in [-0.05, 0) is 42.3 Å². The fourth-order valence-corrected chi connectivity index (χ4v) is 4.01. The number of hydrogen-bond acceptors (Lipinski definition) is 3. The summed E-state index contributed by atoms with van der Waals surface area (Å²) in [5.41, 5.74) is 4.49. The Morgan fingerprint density at radius 1 is 1.50 bits per heavy atom. The first-order chi connectivity index (χ1) is 9.02. The van der Waals surface area contributed by atoms with Crippen LogP contribution in [0.5, 0.6) is 0 Å². The largest absolute Gasteiger partial charge is 0.395 e. The number of nitrogens with one attached hydrogen (secondary N) is 1. The van der Waals surface area contributed by atoms with Gasteiger partial charge in [0.2, 0.25) is 10.0 Å². The number of halogens is 3. The van der Waals surface area contributed by atoms with Gasteiger partial charge >= 0.3 is 0 Å². The van der Waals surface area contributed by atoms with Gasteiger partial charge in [-0.15, -0.1) is 0 Å². The van der Waals surface area contributed by atoms with Crippen molar-refractivity contribution in [3.05, 3.63) is 21.4 Å². The minimum atomic E-state index is -4.04. The fraction of sp³-hybridized carbons (Fsp3) is 0.500. The predicted octanol–water partition coefficient (Wildman–Crippen LogP) is 3.68. The van der Waals surface area contributed by atoms with Crippen LogP contribution in [0.4, 0.5) is 10.1 Å². The van der Waals surface area contributed by atoms with E-state index in [1.165, 1.54) is 0 Å². The van der Waals surface area contributed by atoms with E-state index in [4.69, 9.17) is 17.3 Å². The number of sulfonamides is 1. The molecule has 0 amide bonds. The summed E-state index contributed by atoms with van der Waals surface area (Å²) in [5.74, 6) is -1.01.